The van der Waals surface area contributed by atoms with Crippen LogP contribution in [-0.2, 0) is 9.53 Å². The minimum absolute atomic E-state index is 0.00531. The van der Waals surface area contributed by atoms with Gasteiger partial charge in [0.05, 0.1) is 0 Å². The SMILES string of the molecule is CCN(CCC(N)=NO)C(=O)C1CCCO1. The van der Waals surface area contributed by atoms with Crippen molar-refractivity contribution >= 4 is 11.7 Å². The van der Waals surface area contributed by atoms with Gasteiger partial charge in [-0.1, -0.05) is 5.16 Å². The molecule has 0 saturated carbocycles. The number of oxime groups is 1. The Bertz CT molecular complexity index is 262. The number of likely N-dealkylation sites (N-methyl/N-ethyl adjacent to an activating group) is 1. The second-order valence-electron chi connectivity index (χ2n) is 3.76. The van der Waals surface area contributed by atoms with Crippen LogP contribution in [0.1, 0.15) is 26.2 Å². The molecule has 0 aromatic rings. The molecule has 0 aliphatic carbocycles. The highest BCUT2D eigenvalue weighted by atomic mass is 16.5. The molecule has 1 heterocycles. The Morgan fingerprint density at radius 3 is 2.94 bits per heavy atom. The zero-order valence-corrected chi connectivity index (χ0v) is 9.56. The fourth-order valence-corrected chi connectivity index (χ4v) is 1.70. The topological polar surface area (TPSA) is 88.1 Å². The molecule has 1 atom stereocenters. The molecular weight excluding hydrogens is 210 g/mol. The average Bonchev–Trinajstić information content (AvgIpc) is 2.82. The van der Waals surface area contributed by atoms with Crippen LogP contribution in [0, 0.1) is 0 Å². The number of amides is 1. The molecule has 92 valence electrons. The van der Waals surface area contributed by atoms with E-state index in [9.17, 15) is 4.79 Å². The second kappa shape index (κ2) is 6.32. The molecule has 0 aromatic carbocycles. The van der Waals surface area contributed by atoms with Gasteiger partial charge in [0.2, 0.25) is 0 Å². The lowest BCUT2D eigenvalue weighted by molar-refractivity contribution is -0.140. The molecule has 1 saturated heterocycles. The zero-order valence-electron chi connectivity index (χ0n) is 9.56. The summed E-state index contributed by atoms with van der Waals surface area (Å²) in [6.45, 7) is 3.63. The number of amidine groups is 1. The average molecular weight is 229 g/mol. The van der Waals surface area contributed by atoms with Crippen molar-refractivity contribution in [2.45, 2.75) is 32.3 Å². The molecule has 6 heteroatoms. The predicted octanol–water partition coefficient (Wildman–Crippen LogP) is 0.150. The minimum atomic E-state index is -0.299. The van der Waals surface area contributed by atoms with E-state index in [1.165, 1.54) is 0 Å². The quantitative estimate of drug-likeness (QED) is 0.304. The Labute approximate surface area is 95.0 Å². The molecule has 6 nitrogen and oxygen atoms in total. The number of rotatable bonds is 5. The Morgan fingerprint density at radius 1 is 1.69 bits per heavy atom. The normalized spacial score (nSPS) is 21.1. The van der Waals surface area contributed by atoms with Crippen LogP contribution in [0.15, 0.2) is 5.16 Å². The van der Waals surface area contributed by atoms with Crippen molar-refractivity contribution in [1.82, 2.24) is 4.90 Å². The molecule has 16 heavy (non-hydrogen) atoms. The van der Waals surface area contributed by atoms with Gasteiger partial charge in [0.1, 0.15) is 11.9 Å². The number of ether oxygens (including phenoxy) is 1. The van der Waals surface area contributed by atoms with E-state index in [0.717, 1.165) is 12.8 Å². The van der Waals surface area contributed by atoms with E-state index in [-0.39, 0.29) is 17.8 Å². The highest BCUT2D eigenvalue weighted by Gasteiger charge is 2.27. The summed E-state index contributed by atoms with van der Waals surface area (Å²) in [5.74, 6) is 0.143. The van der Waals surface area contributed by atoms with Crippen LogP contribution >= 0.6 is 0 Å². The van der Waals surface area contributed by atoms with Crippen LogP contribution in [-0.4, -0.2) is 47.7 Å². The van der Waals surface area contributed by atoms with Crippen molar-refractivity contribution in [3.63, 3.8) is 0 Å². The standard InChI is InChI=1S/C10H19N3O3/c1-2-13(6-5-9(11)12-15)10(14)8-4-3-7-16-8/h8,15H,2-7H2,1H3,(H2,11,12). The summed E-state index contributed by atoms with van der Waals surface area (Å²) in [7, 11) is 0. The maximum Gasteiger partial charge on any atom is 0.251 e. The highest BCUT2D eigenvalue weighted by molar-refractivity contribution is 5.83. The number of nitrogens with zero attached hydrogens (tertiary/aromatic N) is 2. The first-order valence-electron chi connectivity index (χ1n) is 5.55. The minimum Gasteiger partial charge on any atom is -0.409 e. The number of hydrogen-bond acceptors (Lipinski definition) is 4. The van der Waals surface area contributed by atoms with Gasteiger partial charge in [0.15, 0.2) is 0 Å². The van der Waals surface area contributed by atoms with Crippen LogP contribution < -0.4 is 5.73 Å². The molecule has 1 fully saturated rings. The molecule has 1 unspecified atom stereocenters. The van der Waals surface area contributed by atoms with Crippen LogP contribution in [0.25, 0.3) is 0 Å². The van der Waals surface area contributed by atoms with Crippen molar-refractivity contribution < 1.29 is 14.7 Å². The fraction of sp³-hybridized carbons (Fsp3) is 0.800. The van der Waals surface area contributed by atoms with Gasteiger partial charge in [-0.05, 0) is 19.8 Å². The van der Waals surface area contributed by atoms with Crippen LogP contribution in [0.5, 0.6) is 0 Å². The van der Waals surface area contributed by atoms with Crippen molar-refractivity contribution in [2.75, 3.05) is 19.7 Å². The van der Waals surface area contributed by atoms with E-state index in [1.807, 2.05) is 6.92 Å². The van der Waals surface area contributed by atoms with Crippen molar-refractivity contribution in [3.8, 4) is 0 Å². The smallest absolute Gasteiger partial charge is 0.251 e. The van der Waals surface area contributed by atoms with E-state index in [4.69, 9.17) is 15.7 Å². The molecule has 0 bridgehead atoms. The van der Waals surface area contributed by atoms with Crippen LogP contribution in [0.4, 0.5) is 0 Å². The highest BCUT2D eigenvalue weighted by Crippen LogP contribution is 2.14. The third-order valence-electron chi connectivity index (χ3n) is 2.66. The Morgan fingerprint density at radius 2 is 2.44 bits per heavy atom. The van der Waals surface area contributed by atoms with E-state index in [0.29, 0.717) is 26.1 Å². The maximum atomic E-state index is 11.9. The number of hydrogen-bond donors (Lipinski definition) is 2. The van der Waals surface area contributed by atoms with Gasteiger partial charge in [-0.15, -0.1) is 0 Å². The van der Waals surface area contributed by atoms with Crippen molar-refractivity contribution in [2.24, 2.45) is 10.9 Å². The van der Waals surface area contributed by atoms with E-state index >= 15 is 0 Å². The third-order valence-corrected chi connectivity index (χ3v) is 2.66. The van der Waals surface area contributed by atoms with Gasteiger partial charge in [0.25, 0.3) is 5.91 Å². The zero-order chi connectivity index (χ0) is 12.0. The Balaban J connectivity index is 2.43. The molecule has 0 aromatic heterocycles. The monoisotopic (exact) mass is 229 g/mol. The predicted molar refractivity (Wildman–Crippen MR) is 59.3 cm³/mol. The van der Waals surface area contributed by atoms with Gasteiger partial charge >= 0.3 is 0 Å². The molecule has 1 aliphatic rings. The van der Waals surface area contributed by atoms with Crippen molar-refractivity contribution in [3.05, 3.63) is 0 Å². The Hall–Kier alpha value is -1.30. The van der Waals surface area contributed by atoms with Crippen LogP contribution in [0.2, 0.25) is 0 Å². The molecule has 1 amide bonds. The lowest BCUT2D eigenvalue weighted by atomic mass is 10.2. The van der Waals surface area contributed by atoms with Gasteiger partial charge < -0.3 is 20.6 Å². The fourth-order valence-electron chi connectivity index (χ4n) is 1.70. The summed E-state index contributed by atoms with van der Waals surface area (Å²) >= 11 is 0. The maximum absolute atomic E-state index is 11.9. The first-order chi connectivity index (χ1) is 7.69. The molecule has 0 radical (unpaired) electrons. The lowest BCUT2D eigenvalue weighted by Crippen LogP contribution is -2.40. The molecule has 0 spiro atoms. The summed E-state index contributed by atoms with van der Waals surface area (Å²) in [5.41, 5.74) is 5.36. The molecule has 3 N–H and O–H groups in total. The van der Waals surface area contributed by atoms with Gasteiger partial charge in [-0.2, -0.15) is 0 Å². The van der Waals surface area contributed by atoms with E-state index < -0.39 is 0 Å². The third kappa shape index (κ3) is 3.37. The number of carbonyl (C=O) groups excluding carboxylic acids is 1. The first kappa shape index (κ1) is 12.8. The Kier molecular flexibility index (Phi) is 5.04. The molecule has 1 rings (SSSR count). The summed E-state index contributed by atoms with van der Waals surface area (Å²) in [5, 5.41) is 11.3. The number of nitrogens with two attached hydrogens (primary N) is 1. The largest absolute Gasteiger partial charge is 0.409 e. The summed E-state index contributed by atoms with van der Waals surface area (Å²) < 4.78 is 5.33. The summed E-state index contributed by atoms with van der Waals surface area (Å²) in [4.78, 5) is 13.6. The van der Waals surface area contributed by atoms with Gasteiger partial charge in [-0.3, -0.25) is 4.79 Å². The summed E-state index contributed by atoms with van der Waals surface area (Å²) in [6, 6.07) is 0. The van der Waals surface area contributed by atoms with Gasteiger partial charge in [-0.25, -0.2) is 0 Å². The first-order valence-corrected chi connectivity index (χ1v) is 5.55. The van der Waals surface area contributed by atoms with E-state index in [1.54, 1.807) is 4.90 Å². The second-order valence-corrected chi connectivity index (χ2v) is 3.76. The van der Waals surface area contributed by atoms with Gasteiger partial charge in [0, 0.05) is 26.1 Å². The molecular formula is C10H19N3O3. The number of carbonyl (C=O) groups is 1. The van der Waals surface area contributed by atoms with Crippen molar-refractivity contribution in [1.29, 1.82) is 0 Å². The van der Waals surface area contributed by atoms with Crippen LogP contribution in [0.3, 0.4) is 0 Å². The lowest BCUT2D eigenvalue weighted by Gasteiger charge is -2.23. The summed E-state index contributed by atoms with van der Waals surface area (Å²) in [6.07, 6.45) is 1.81. The van der Waals surface area contributed by atoms with E-state index in [2.05, 4.69) is 5.16 Å². The molecule has 1 aliphatic heterocycles.